The number of aryl methyl sites for hydroxylation is 1. The molecule has 170 valence electrons. The van der Waals surface area contributed by atoms with E-state index in [2.05, 4.69) is 10.3 Å². The average Bonchev–Trinajstić information content (AvgIpc) is 3.24. The van der Waals surface area contributed by atoms with Crippen LogP contribution in [0.15, 0.2) is 72.9 Å². The van der Waals surface area contributed by atoms with Gasteiger partial charge in [-0.05, 0) is 30.2 Å². The molecule has 0 aliphatic heterocycles. The molecule has 0 spiro atoms. The fourth-order valence-corrected chi connectivity index (χ4v) is 3.87. The van der Waals surface area contributed by atoms with Gasteiger partial charge in [-0.3, -0.25) is 10.1 Å². The summed E-state index contributed by atoms with van der Waals surface area (Å²) in [7, 11) is 1.60. The van der Waals surface area contributed by atoms with Gasteiger partial charge < -0.3 is 19.6 Å². The molecule has 3 aromatic carbocycles. The molecule has 0 aliphatic carbocycles. The monoisotopic (exact) mass is 444 g/mol. The quantitative estimate of drug-likeness (QED) is 0.326. The molecule has 0 fully saturated rings. The largest absolute Gasteiger partial charge is 0.493 e. The van der Waals surface area contributed by atoms with E-state index in [0.29, 0.717) is 31.1 Å². The molecule has 0 radical (unpaired) electrons. The Morgan fingerprint density at radius 1 is 1.03 bits per heavy atom. The van der Waals surface area contributed by atoms with Gasteiger partial charge in [0.1, 0.15) is 12.6 Å². The lowest BCUT2D eigenvalue weighted by molar-refractivity contribution is -0.139. The number of fused-ring (bicyclic) bond motifs is 1. The van der Waals surface area contributed by atoms with Crippen LogP contribution in [0.1, 0.15) is 22.3 Å². The topological polar surface area (TPSA) is 83.6 Å². The van der Waals surface area contributed by atoms with Gasteiger partial charge in [0.05, 0.1) is 7.11 Å². The van der Waals surface area contributed by atoms with Gasteiger partial charge in [-0.1, -0.05) is 60.2 Å². The number of H-pyrrole nitrogens is 1. The van der Waals surface area contributed by atoms with Crippen molar-refractivity contribution in [3.8, 4) is 11.5 Å². The number of methoxy groups -OCH3 is 1. The maximum Gasteiger partial charge on any atom is 0.321 e. The van der Waals surface area contributed by atoms with Crippen molar-refractivity contribution in [2.24, 2.45) is 0 Å². The number of carboxylic acid groups (broad SMARTS) is 1. The molecule has 6 nitrogen and oxygen atoms in total. The highest BCUT2D eigenvalue weighted by Crippen LogP contribution is 2.32. The van der Waals surface area contributed by atoms with Crippen molar-refractivity contribution < 1.29 is 19.4 Å². The molecule has 3 N–H and O–H groups in total. The van der Waals surface area contributed by atoms with Gasteiger partial charge >= 0.3 is 5.97 Å². The Balaban J connectivity index is 1.49. The lowest BCUT2D eigenvalue weighted by atomic mass is 10.0. The van der Waals surface area contributed by atoms with Crippen LogP contribution in [0.5, 0.6) is 11.5 Å². The summed E-state index contributed by atoms with van der Waals surface area (Å²) < 4.78 is 11.6. The first-order chi connectivity index (χ1) is 16.0. The van der Waals surface area contributed by atoms with Crippen LogP contribution < -0.4 is 14.8 Å². The second-order valence-electron chi connectivity index (χ2n) is 8.06. The van der Waals surface area contributed by atoms with Crippen LogP contribution in [0.2, 0.25) is 0 Å². The number of benzene rings is 3. The van der Waals surface area contributed by atoms with Crippen molar-refractivity contribution in [2.75, 3.05) is 7.11 Å². The number of aromatic nitrogens is 1. The average molecular weight is 445 g/mol. The molecular weight excluding hydrogens is 416 g/mol. The van der Waals surface area contributed by atoms with Crippen LogP contribution >= 0.6 is 0 Å². The number of carboxylic acids is 1. The first-order valence-electron chi connectivity index (χ1n) is 10.9. The van der Waals surface area contributed by atoms with E-state index in [1.54, 1.807) is 7.11 Å². The summed E-state index contributed by atoms with van der Waals surface area (Å²) in [6.45, 7) is 2.77. The highest BCUT2D eigenvalue weighted by molar-refractivity contribution is 5.84. The second kappa shape index (κ2) is 10.2. The Morgan fingerprint density at radius 2 is 1.82 bits per heavy atom. The van der Waals surface area contributed by atoms with E-state index in [1.807, 2.05) is 79.9 Å². The Morgan fingerprint density at radius 3 is 2.58 bits per heavy atom. The van der Waals surface area contributed by atoms with E-state index in [4.69, 9.17) is 9.47 Å². The predicted octanol–water partition coefficient (Wildman–Crippen LogP) is 4.85. The Hall–Kier alpha value is -3.77. The van der Waals surface area contributed by atoms with Gasteiger partial charge in [0.15, 0.2) is 11.5 Å². The van der Waals surface area contributed by atoms with Crippen LogP contribution in [-0.4, -0.2) is 29.2 Å². The van der Waals surface area contributed by atoms with Crippen LogP contribution in [-0.2, 0) is 24.4 Å². The van der Waals surface area contributed by atoms with Crippen LogP contribution in [0, 0.1) is 6.92 Å². The smallest absolute Gasteiger partial charge is 0.321 e. The molecule has 0 bridgehead atoms. The number of hydrogen-bond acceptors (Lipinski definition) is 4. The van der Waals surface area contributed by atoms with Gasteiger partial charge in [0.25, 0.3) is 0 Å². The van der Waals surface area contributed by atoms with Gasteiger partial charge in [0, 0.05) is 35.6 Å². The number of aromatic amines is 1. The number of nitrogens with one attached hydrogen (secondary N) is 2. The second-order valence-corrected chi connectivity index (χ2v) is 8.06. The number of carbonyl (C=O) groups is 1. The van der Waals surface area contributed by atoms with Crippen LogP contribution in [0.25, 0.3) is 10.9 Å². The third-order valence-electron chi connectivity index (χ3n) is 5.72. The van der Waals surface area contributed by atoms with Crippen molar-refractivity contribution in [3.63, 3.8) is 0 Å². The molecule has 1 aromatic heterocycles. The molecule has 0 saturated carbocycles. The lowest BCUT2D eigenvalue weighted by Gasteiger charge is -2.18. The molecule has 4 aromatic rings. The predicted molar refractivity (Wildman–Crippen MR) is 129 cm³/mol. The zero-order chi connectivity index (χ0) is 23.2. The normalized spacial score (nSPS) is 11.9. The minimum Gasteiger partial charge on any atom is -0.493 e. The first-order valence-corrected chi connectivity index (χ1v) is 10.9. The van der Waals surface area contributed by atoms with E-state index in [0.717, 1.165) is 27.6 Å². The summed E-state index contributed by atoms with van der Waals surface area (Å²) >= 11 is 0. The SMILES string of the molecule is COc1cccc(CN[C@H](Cc2c[nH]c3ccccc23)C(=O)O)c1OCc1ccc(C)cc1. The third-order valence-corrected chi connectivity index (χ3v) is 5.72. The van der Waals surface area contributed by atoms with Gasteiger partial charge in [-0.25, -0.2) is 0 Å². The lowest BCUT2D eigenvalue weighted by Crippen LogP contribution is -2.38. The van der Waals surface area contributed by atoms with E-state index in [9.17, 15) is 9.90 Å². The van der Waals surface area contributed by atoms with Gasteiger partial charge in [-0.15, -0.1) is 0 Å². The summed E-state index contributed by atoms with van der Waals surface area (Å²) in [5, 5.41) is 14.1. The van der Waals surface area contributed by atoms with Crippen LogP contribution in [0.3, 0.4) is 0 Å². The Bertz CT molecular complexity index is 1230. The molecule has 0 unspecified atom stereocenters. The number of aliphatic carboxylic acids is 1. The molecule has 33 heavy (non-hydrogen) atoms. The summed E-state index contributed by atoms with van der Waals surface area (Å²) in [6, 6.07) is 20.9. The third kappa shape index (κ3) is 5.35. The molecular formula is C27H28N2O4. The zero-order valence-electron chi connectivity index (χ0n) is 18.8. The van der Waals surface area contributed by atoms with E-state index in [-0.39, 0.29) is 0 Å². The van der Waals surface area contributed by atoms with Crippen molar-refractivity contribution in [2.45, 2.75) is 32.5 Å². The zero-order valence-corrected chi connectivity index (χ0v) is 18.8. The molecule has 4 rings (SSSR count). The highest BCUT2D eigenvalue weighted by atomic mass is 16.5. The molecule has 6 heteroatoms. The maximum atomic E-state index is 12.0. The van der Waals surface area contributed by atoms with Crippen molar-refractivity contribution in [1.82, 2.24) is 10.3 Å². The van der Waals surface area contributed by atoms with Crippen LogP contribution in [0.4, 0.5) is 0 Å². The fourth-order valence-electron chi connectivity index (χ4n) is 3.87. The summed E-state index contributed by atoms with van der Waals surface area (Å²) in [4.78, 5) is 15.2. The number of hydrogen-bond donors (Lipinski definition) is 3. The van der Waals surface area contributed by atoms with Gasteiger partial charge in [-0.2, -0.15) is 0 Å². The standard InChI is InChI=1S/C27H28N2O4/c1-18-10-12-19(13-11-18)17-33-26-20(6-5-9-25(26)32-2)15-29-24(27(30)31)14-21-16-28-23-8-4-3-7-22(21)23/h3-13,16,24,28-29H,14-15,17H2,1-2H3,(H,30,31)/t24-/m1/s1. The number of ether oxygens (including phenoxy) is 2. The fraction of sp³-hybridized carbons (Fsp3) is 0.222. The molecule has 0 amide bonds. The number of para-hydroxylation sites is 2. The maximum absolute atomic E-state index is 12.0. The molecule has 1 heterocycles. The number of rotatable bonds is 10. The van der Waals surface area contributed by atoms with Crippen molar-refractivity contribution in [3.05, 3.63) is 95.2 Å². The highest BCUT2D eigenvalue weighted by Gasteiger charge is 2.20. The summed E-state index contributed by atoms with van der Waals surface area (Å²) in [5.41, 5.74) is 5.04. The summed E-state index contributed by atoms with van der Waals surface area (Å²) in [6.07, 6.45) is 2.24. The first kappa shape index (κ1) is 22.4. The minimum atomic E-state index is -0.898. The van der Waals surface area contributed by atoms with Crippen molar-refractivity contribution in [1.29, 1.82) is 0 Å². The Labute approximate surface area is 193 Å². The Kier molecular flexibility index (Phi) is 6.95. The van der Waals surface area contributed by atoms with E-state index < -0.39 is 12.0 Å². The summed E-state index contributed by atoms with van der Waals surface area (Å²) in [5.74, 6) is 0.333. The molecule has 0 saturated heterocycles. The van der Waals surface area contributed by atoms with E-state index in [1.165, 1.54) is 5.56 Å². The minimum absolute atomic E-state index is 0.333. The van der Waals surface area contributed by atoms with E-state index >= 15 is 0 Å². The molecule has 1 atom stereocenters. The molecule has 0 aliphatic rings. The van der Waals surface area contributed by atoms with Gasteiger partial charge in [0.2, 0.25) is 0 Å². The van der Waals surface area contributed by atoms with Crippen molar-refractivity contribution >= 4 is 16.9 Å².